The lowest BCUT2D eigenvalue weighted by Gasteiger charge is -2.11. The number of nitrogens with zero attached hydrogens (tertiary/aromatic N) is 1. The van der Waals surface area contributed by atoms with Crippen LogP contribution in [0.15, 0.2) is 43.1 Å². The topological polar surface area (TPSA) is 74.2 Å². The number of hydrogen-bond acceptors (Lipinski definition) is 5. The number of anilines is 1. The van der Waals surface area contributed by atoms with Gasteiger partial charge < -0.3 is 15.7 Å². The third-order valence-corrected chi connectivity index (χ3v) is 3.79. The van der Waals surface area contributed by atoms with Gasteiger partial charge in [-0.15, -0.1) is 6.58 Å². The molecule has 1 amide bonds. The van der Waals surface area contributed by atoms with Crippen LogP contribution in [0, 0.1) is 5.82 Å². The molecular weight excluding hydrogens is 305 g/mol. The summed E-state index contributed by atoms with van der Waals surface area (Å²) in [5, 5.41) is 16.2. The van der Waals surface area contributed by atoms with E-state index in [0.717, 1.165) is 0 Å². The quantitative estimate of drug-likeness (QED) is 0.684. The van der Waals surface area contributed by atoms with Gasteiger partial charge in [-0.2, -0.15) is 0 Å². The van der Waals surface area contributed by atoms with E-state index in [1.54, 1.807) is 6.08 Å². The molecule has 0 radical (unpaired) electrons. The maximum absolute atomic E-state index is 12.8. The summed E-state index contributed by atoms with van der Waals surface area (Å²) < 4.78 is 12.8. The molecule has 0 fully saturated rings. The first-order valence-electron chi connectivity index (χ1n) is 6.62. The highest BCUT2D eigenvalue weighted by Crippen LogP contribution is 2.18. The number of aromatic nitrogens is 1. The van der Waals surface area contributed by atoms with E-state index in [9.17, 15) is 14.3 Å². The normalized spacial score (nSPS) is 11.7. The number of amides is 1. The summed E-state index contributed by atoms with van der Waals surface area (Å²) in [6.07, 6.45) is 2.27. The Morgan fingerprint density at radius 1 is 1.45 bits per heavy atom. The fraction of sp³-hybridized carbons (Fsp3) is 0.200. The summed E-state index contributed by atoms with van der Waals surface area (Å²) >= 11 is 1.22. The minimum Gasteiger partial charge on any atom is -0.387 e. The first-order valence-corrected chi connectivity index (χ1v) is 7.44. The van der Waals surface area contributed by atoms with Gasteiger partial charge in [0.05, 0.1) is 12.3 Å². The average molecular weight is 321 g/mol. The molecule has 0 bridgehead atoms. The molecule has 2 rings (SSSR count). The van der Waals surface area contributed by atoms with Gasteiger partial charge in [-0.3, -0.25) is 4.79 Å². The highest BCUT2D eigenvalue weighted by Gasteiger charge is 2.13. The Morgan fingerprint density at radius 2 is 2.18 bits per heavy atom. The van der Waals surface area contributed by atoms with Crippen LogP contribution < -0.4 is 10.6 Å². The first-order chi connectivity index (χ1) is 10.6. The molecule has 1 aromatic carbocycles. The minimum absolute atomic E-state index is 0.0395. The van der Waals surface area contributed by atoms with Crippen LogP contribution in [-0.2, 0) is 0 Å². The second kappa shape index (κ2) is 7.67. The molecule has 1 atom stereocenters. The second-order valence-corrected chi connectivity index (χ2v) is 5.51. The molecule has 2 aromatic rings. The largest absolute Gasteiger partial charge is 0.387 e. The Hall–Kier alpha value is -2.25. The Labute approximate surface area is 131 Å². The highest BCUT2D eigenvalue weighted by atomic mass is 32.1. The summed E-state index contributed by atoms with van der Waals surface area (Å²) in [5.74, 6) is -0.686. The lowest BCUT2D eigenvalue weighted by atomic mass is 10.1. The molecule has 0 aliphatic rings. The lowest BCUT2D eigenvalue weighted by Crippen LogP contribution is -2.27. The van der Waals surface area contributed by atoms with Crippen LogP contribution in [0.5, 0.6) is 0 Å². The van der Waals surface area contributed by atoms with E-state index in [0.29, 0.717) is 22.1 Å². The zero-order valence-electron chi connectivity index (χ0n) is 11.8. The number of thiazole rings is 1. The van der Waals surface area contributed by atoms with E-state index >= 15 is 0 Å². The number of rotatable bonds is 7. The molecule has 0 saturated heterocycles. The Balaban J connectivity index is 1.87. The standard InChI is InChI=1S/C15H16FN3O2S/c1-2-7-17-15-19-9-13(22-15)14(21)18-8-12(20)10-3-5-11(16)6-4-10/h2-6,9,12,20H,1,7-8H2,(H,17,19)(H,18,21). The van der Waals surface area contributed by atoms with E-state index in [-0.39, 0.29) is 18.3 Å². The van der Waals surface area contributed by atoms with Gasteiger partial charge in [0.1, 0.15) is 10.7 Å². The number of aliphatic hydroxyl groups is 1. The number of carbonyl (C=O) groups is 1. The zero-order chi connectivity index (χ0) is 15.9. The summed E-state index contributed by atoms with van der Waals surface area (Å²) in [7, 11) is 0. The molecular formula is C15H16FN3O2S. The predicted molar refractivity (Wildman–Crippen MR) is 84.5 cm³/mol. The molecule has 0 saturated carbocycles. The maximum Gasteiger partial charge on any atom is 0.263 e. The molecule has 1 heterocycles. The third-order valence-electron chi connectivity index (χ3n) is 2.84. The van der Waals surface area contributed by atoms with Crippen molar-refractivity contribution in [3.63, 3.8) is 0 Å². The van der Waals surface area contributed by atoms with Crippen LogP contribution in [0.3, 0.4) is 0 Å². The van der Waals surface area contributed by atoms with Crippen LogP contribution in [0.25, 0.3) is 0 Å². The van der Waals surface area contributed by atoms with Crippen molar-refractivity contribution >= 4 is 22.4 Å². The van der Waals surface area contributed by atoms with Gasteiger partial charge in [-0.1, -0.05) is 29.5 Å². The Kier molecular flexibility index (Phi) is 5.62. The summed E-state index contributed by atoms with van der Waals surface area (Å²) in [5.41, 5.74) is 0.541. The molecule has 116 valence electrons. The van der Waals surface area contributed by atoms with Crippen LogP contribution in [0.4, 0.5) is 9.52 Å². The Morgan fingerprint density at radius 3 is 2.86 bits per heavy atom. The summed E-state index contributed by atoms with van der Waals surface area (Å²) in [6, 6.07) is 5.49. The number of carbonyl (C=O) groups excluding carboxylic acids is 1. The number of aliphatic hydroxyl groups excluding tert-OH is 1. The highest BCUT2D eigenvalue weighted by molar-refractivity contribution is 7.17. The second-order valence-electron chi connectivity index (χ2n) is 4.48. The van der Waals surface area contributed by atoms with Crippen LogP contribution in [0.2, 0.25) is 0 Å². The molecule has 5 nitrogen and oxygen atoms in total. The number of nitrogens with one attached hydrogen (secondary N) is 2. The fourth-order valence-corrected chi connectivity index (χ4v) is 2.44. The van der Waals surface area contributed by atoms with Crippen molar-refractivity contribution < 1.29 is 14.3 Å². The van der Waals surface area contributed by atoms with Crippen molar-refractivity contribution in [1.82, 2.24) is 10.3 Å². The van der Waals surface area contributed by atoms with E-state index in [4.69, 9.17) is 0 Å². The number of hydrogen-bond donors (Lipinski definition) is 3. The van der Waals surface area contributed by atoms with Crippen molar-refractivity contribution in [3.8, 4) is 0 Å². The van der Waals surface area contributed by atoms with Gasteiger partial charge in [0.15, 0.2) is 5.13 Å². The number of halogens is 1. The average Bonchev–Trinajstić information content (AvgIpc) is 3.00. The van der Waals surface area contributed by atoms with Crippen molar-refractivity contribution in [3.05, 3.63) is 59.4 Å². The van der Waals surface area contributed by atoms with E-state index in [2.05, 4.69) is 22.2 Å². The SMILES string of the molecule is C=CCNc1ncc(C(=O)NCC(O)c2ccc(F)cc2)s1. The van der Waals surface area contributed by atoms with Gasteiger partial charge >= 0.3 is 0 Å². The zero-order valence-corrected chi connectivity index (χ0v) is 12.6. The first kappa shape index (κ1) is 16.1. The van der Waals surface area contributed by atoms with Gasteiger partial charge in [0.25, 0.3) is 5.91 Å². The van der Waals surface area contributed by atoms with Crippen molar-refractivity contribution in [2.24, 2.45) is 0 Å². The van der Waals surface area contributed by atoms with Gasteiger partial charge in [-0.05, 0) is 17.7 Å². The lowest BCUT2D eigenvalue weighted by molar-refractivity contribution is 0.0920. The fourth-order valence-electron chi connectivity index (χ4n) is 1.70. The Bertz CT molecular complexity index is 642. The number of benzene rings is 1. The van der Waals surface area contributed by atoms with Crippen LogP contribution in [0.1, 0.15) is 21.3 Å². The minimum atomic E-state index is -0.893. The van der Waals surface area contributed by atoms with Gasteiger partial charge in [0, 0.05) is 13.1 Å². The summed E-state index contributed by atoms with van der Waals surface area (Å²) in [4.78, 5) is 16.5. The molecule has 1 aromatic heterocycles. The molecule has 0 aliphatic heterocycles. The maximum atomic E-state index is 12.8. The molecule has 1 unspecified atom stereocenters. The van der Waals surface area contributed by atoms with Crippen molar-refractivity contribution in [2.75, 3.05) is 18.4 Å². The molecule has 0 spiro atoms. The van der Waals surface area contributed by atoms with Crippen molar-refractivity contribution in [2.45, 2.75) is 6.10 Å². The van der Waals surface area contributed by atoms with E-state index in [1.807, 2.05) is 0 Å². The summed E-state index contributed by atoms with van der Waals surface area (Å²) in [6.45, 7) is 4.19. The van der Waals surface area contributed by atoms with Gasteiger partial charge in [-0.25, -0.2) is 9.37 Å². The molecule has 22 heavy (non-hydrogen) atoms. The van der Waals surface area contributed by atoms with Gasteiger partial charge in [0.2, 0.25) is 0 Å². The van der Waals surface area contributed by atoms with Crippen LogP contribution in [-0.4, -0.2) is 29.1 Å². The third kappa shape index (κ3) is 4.37. The van der Waals surface area contributed by atoms with E-state index in [1.165, 1.54) is 41.8 Å². The monoisotopic (exact) mass is 321 g/mol. The van der Waals surface area contributed by atoms with Crippen LogP contribution >= 0.6 is 11.3 Å². The predicted octanol–water partition coefficient (Wildman–Crippen LogP) is 2.34. The smallest absolute Gasteiger partial charge is 0.263 e. The molecule has 0 aliphatic carbocycles. The van der Waals surface area contributed by atoms with Crippen molar-refractivity contribution in [1.29, 1.82) is 0 Å². The molecule has 7 heteroatoms. The van der Waals surface area contributed by atoms with E-state index < -0.39 is 6.10 Å². The molecule has 3 N–H and O–H groups in total.